The van der Waals surface area contributed by atoms with E-state index in [1.165, 1.54) is 0 Å². The van der Waals surface area contributed by atoms with Gasteiger partial charge in [0.15, 0.2) is 0 Å². The van der Waals surface area contributed by atoms with Crippen molar-refractivity contribution in [1.29, 1.82) is 0 Å². The molecule has 0 aromatic carbocycles. The van der Waals surface area contributed by atoms with Crippen molar-refractivity contribution in [2.45, 2.75) is 33.2 Å². The summed E-state index contributed by atoms with van der Waals surface area (Å²) in [4.78, 5) is 30.3. The van der Waals surface area contributed by atoms with Crippen molar-refractivity contribution < 1.29 is 4.79 Å². The second-order valence-corrected chi connectivity index (χ2v) is 4.57. The van der Waals surface area contributed by atoms with Crippen molar-refractivity contribution in [3.63, 3.8) is 0 Å². The molecule has 0 unspecified atom stereocenters. The van der Waals surface area contributed by atoms with Gasteiger partial charge in [-0.1, -0.05) is 0 Å². The van der Waals surface area contributed by atoms with Crippen molar-refractivity contribution in [2.75, 3.05) is 0 Å². The summed E-state index contributed by atoms with van der Waals surface area (Å²) in [6.45, 7) is 3.91. The molecule has 0 spiro atoms. The minimum absolute atomic E-state index is 0.112. The van der Waals surface area contributed by atoms with E-state index in [-0.39, 0.29) is 17.9 Å². The molecule has 0 radical (unpaired) electrons. The number of aryl methyl sites for hydroxylation is 2. The average Bonchev–Trinajstić information content (AvgIpc) is 2.88. The first-order chi connectivity index (χ1) is 9.56. The van der Waals surface area contributed by atoms with Crippen LogP contribution in [-0.4, -0.2) is 26.1 Å². The number of carbonyl (C=O) groups is 1. The van der Waals surface area contributed by atoms with Gasteiger partial charge >= 0.3 is 0 Å². The Hall–Kier alpha value is -2.44. The van der Waals surface area contributed by atoms with Crippen LogP contribution in [0.2, 0.25) is 0 Å². The van der Waals surface area contributed by atoms with Gasteiger partial charge in [0.05, 0.1) is 12.2 Å². The van der Waals surface area contributed by atoms with Crippen molar-refractivity contribution in [1.82, 2.24) is 25.5 Å². The highest BCUT2D eigenvalue weighted by Crippen LogP contribution is 2.02. The fraction of sp³-hybridized carbons (Fsp3) is 0.385. The van der Waals surface area contributed by atoms with Crippen LogP contribution in [-0.2, 0) is 17.8 Å². The Bertz CT molecular complexity index is 645. The fourth-order valence-electron chi connectivity index (χ4n) is 1.95. The molecule has 3 N–H and O–H groups in total. The van der Waals surface area contributed by atoms with E-state index < -0.39 is 0 Å². The van der Waals surface area contributed by atoms with E-state index in [0.717, 1.165) is 5.69 Å². The van der Waals surface area contributed by atoms with Crippen molar-refractivity contribution in [2.24, 2.45) is 0 Å². The van der Waals surface area contributed by atoms with Crippen LogP contribution in [0.5, 0.6) is 0 Å². The highest BCUT2D eigenvalue weighted by atomic mass is 16.1. The van der Waals surface area contributed by atoms with Crippen LogP contribution in [0.3, 0.4) is 0 Å². The highest BCUT2D eigenvalue weighted by molar-refractivity contribution is 5.76. The number of nitrogens with zero attached hydrogens (tertiary/aromatic N) is 2. The SMILES string of the molecule is Cc1nc(C)c(CCC(=O)NCc2ccn[nH]2)c(=O)[nH]1. The summed E-state index contributed by atoms with van der Waals surface area (Å²) >= 11 is 0. The van der Waals surface area contributed by atoms with Gasteiger partial charge in [-0.15, -0.1) is 0 Å². The topological polar surface area (TPSA) is 104 Å². The molecule has 2 heterocycles. The van der Waals surface area contributed by atoms with Crippen LogP contribution < -0.4 is 10.9 Å². The number of nitrogens with one attached hydrogen (secondary N) is 3. The van der Waals surface area contributed by atoms with Gasteiger partial charge in [-0.2, -0.15) is 5.10 Å². The maximum atomic E-state index is 11.8. The molecule has 2 rings (SSSR count). The van der Waals surface area contributed by atoms with Crippen LogP contribution in [0, 0.1) is 13.8 Å². The first-order valence-electron chi connectivity index (χ1n) is 6.37. The Balaban J connectivity index is 1.89. The molecule has 0 saturated heterocycles. The van der Waals surface area contributed by atoms with E-state index in [1.54, 1.807) is 26.1 Å². The molecule has 0 aliphatic heterocycles. The molecule has 2 aromatic rings. The van der Waals surface area contributed by atoms with Crippen LogP contribution in [0.25, 0.3) is 0 Å². The largest absolute Gasteiger partial charge is 0.350 e. The summed E-state index contributed by atoms with van der Waals surface area (Å²) in [5, 5.41) is 9.32. The third-order valence-electron chi connectivity index (χ3n) is 2.98. The quantitative estimate of drug-likeness (QED) is 0.732. The Kier molecular flexibility index (Phi) is 4.29. The summed E-state index contributed by atoms with van der Waals surface area (Å²) in [5.74, 6) is 0.471. The van der Waals surface area contributed by atoms with Gasteiger partial charge in [-0.05, 0) is 26.3 Å². The summed E-state index contributed by atoms with van der Waals surface area (Å²) in [7, 11) is 0. The standard InChI is InChI=1S/C13H17N5O2/c1-8-11(13(20)17-9(2)16-8)3-4-12(19)14-7-10-5-6-15-18-10/h5-6H,3-4,7H2,1-2H3,(H,14,19)(H,15,18)(H,16,17,20). The number of hydrogen-bond acceptors (Lipinski definition) is 4. The summed E-state index contributed by atoms with van der Waals surface area (Å²) in [6, 6.07) is 1.79. The van der Waals surface area contributed by atoms with Gasteiger partial charge in [0.1, 0.15) is 5.82 Å². The van der Waals surface area contributed by atoms with E-state index in [9.17, 15) is 9.59 Å². The lowest BCUT2D eigenvalue weighted by Crippen LogP contribution is -2.25. The Labute approximate surface area is 115 Å². The van der Waals surface area contributed by atoms with Gasteiger partial charge in [-0.3, -0.25) is 14.7 Å². The molecule has 0 bridgehead atoms. The molecule has 1 amide bonds. The zero-order valence-corrected chi connectivity index (χ0v) is 11.5. The number of H-pyrrole nitrogens is 2. The predicted molar refractivity (Wildman–Crippen MR) is 73.1 cm³/mol. The highest BCUT2D eigenvalue weighted by Gasteiger charge is 2.09. The van der Waals surface area contributed by atoms with E-state index in [2.05, 4.69) is 25.5 Å². The van der Waals surface area contributed by atoms with Crippen molar-refractivity contribution >= 4 is 5.91 Å². The van der Waals surface area contributed by atoms with Crippen molar-refractivity contribution in [3.05, 3.63) is 45.4 Å². The molecule has 0 atom stereocenters. The smallest absolute Gasteiger partial charge is 0.254 e. The molecule has 2 aromatic heterocycles. The molecule has 106 valence electrons. The van der Waals surface area contributed by atoms with Gasteiger partial charge in [-0.25, -0.2) is 4.98 Å². The van der Waals surface area contributed by atoms with Crippen LogP contribution in [0.1, 0.15) is 29.2 Å². The molecule has 0 aliphatic rings. The second kappa shape index (κ2) is 6.14. The number of amides is 1. The summed E-state index contributed by atoms with van der Waals surface area (Å²) in [6.07, 6.45) is 2.26. The molecule has 0 fully saturated rings. The summed E-state index contributed by atoms with van der Waals surface area (Å²) in [5.41, 5.74) is 1.90. The third kappa shape index (κ3) is 3.53. The number of carbonyl (C=O) groups excluding carboxylic acids is 1. The number of hydrogen-bond donors (Lipinski definition) is 3. The van der Waals surface area contributed by atoms with E-state index in [1.807, 2.05) is 0 Å². The summed E-state index contributed by atoms with van der Waals surface area (Å²) < 4.78 is 0. The molecule has 20 heavy (non-hydrogen) atoms. The van der Waals surface area contributed by atoms with E-state index in [4.69, 9.17) is 0 Å². The Morgan fingerprint density at radius 1 is 1.40 bits per heavy atom. The first-order valence-corrected chi connectivity index (χ1v) is 6.37. The lowest BCUT2D eigenvalue weighted by molar-refractivity contribution is -0.121. The Morgan fingerprint density at radius 3 is 2.85 bits per heavy atom. The van der Waals surface area contributed by atoms with E-state index >= 15 is 0 Å². The minimum atomic E-state index is -0.170. The number of aromatic amines is 2. The lowest BCUT2D eigenvalue weighted by atomic mass is 10.1. The fourth-order valence-corrected chi connectivity index (χ4v) is 1.95. The maximum Gasteiger partial charge on any atom is 0.254 e. The monoisotopic (exact) mass is 275 g/mol. The maximum absolute atomic E-state index is 11.8. The molecular formula is C13H17N5O2. The predicted octanol–water partition coefficient (Wildman–Crippen LogP) is 0.359. The number of aromatic nitrogens is 4. The van der Waals surface area contributed by atoms with Gasteiger partial charge in [0, 0.05) is 23.9 Å². The van der Waals surface area contributed by atoms with Crippen LogP contribution in [0.4, 0.5) is 0 Å². The van der Waals surface area contributed by atoms with E-state index in [0.29, 0.717) is 30.0 Å². The third-order valence-corrected chi connectivity index (χ3v) is 2.98. The molecular weight excluding hydrogens is 258 g/mol. The minimum Gasteiger partial charge on any atom is -0.350 e. The molecule has 0 aliphatic carbocycles. The lowest BCUT2D eigenvalue weighted by Gasteiger charge is -2.06. The van der Waals surface area contributed by atoms with Crippen LogP contribution in [0.15, 0.2) is 17.1 Å². The zero-order chi connectivity index (χ0) is 14.5. The molecule has 7 heteroatoms. The van der Waals surface area contributed by atoms with Gasteiger partial charge in [0.2, 0.25) is 5.91 Å². The van der Waals surface area contributed by atoms with Crippen molar-refractivity contribution in [3.8, 4) is 0 Å². The average molecular weight is 275 g/mol. The van der Waals surface area contributed by atoms with Crippen LogP contribution >= 0.6 is 0 Å². The van der Waals surface area contributed by atoms with Gasteiger partial charge < -0.3 is 10.3 Å². The normalized spacial score (nSPS) is 10.5. The second-order valence-electron chi connectivity index (χ2n) is 4.57. The Morgan fingerprint density at radius 2 is 2.20 bits per heavy atom. The van der Waals surface area contributed by atoms with Gasteiger partial charge in [0.25, 0.3) is 5.56 Å². The molecule has 7 nitrogen and oxygen atoms in total. The first kappa shape index (κ1) is 14.0. The zero-order valence-electron chi connectivity index (χ0n) is 11.5. The molecule has 0 saturated carbocycles. The number of rotatable bonds is 5.